The third kappa shape index (κ3) is 4.71. The van der Waals surface area contributed by atoms with Gasteiger partial charge in [0.2, 0.25) is 0 Å². The lowest BCUT2D eigenvalue weighted by molar-refractivity contribution is -0.109. The molecule has 0 bridgehead atoms. The van der Waals surface area contributed by atoms with Gasteiger partial charge in [0.1, 0.15) is 5.75 Å². The lowest BCUT2D eigenvalue weighted by Crippen LogP contribution is -2.02. The fourth-order valence-corrected chi connectivity index (χ4v) is 1.76. The average molecular weight is 238 g/mol. The summed E-state index contributed by atoms with van der Waals surface area (Å²) >= 11 is 1.30. The van der Waals surface area contributed by atoms with Gasteiger partial charge in [-0.3, -0.25) is 4.79 Å². The Labute approximate surface area is 101 Å². The van der Waals surface area contributed by atoms with Crippen LogP contribution in [0, 0.1) is 0 Å². The van der Waals surface area contributed by atoms with Crippen molar-refractivity contribution < 1.29 is 9.53 Å². The van der Waals surface area contributed by atoms with E-state index in [9.17, 15) is 4.79 Å². The van der Waals surface area contributed by atoms with Crippen LogP contribution >= 0.6 is 11.8 Å². The van der Waals surface area contributed by atoms with Crippen molar-refractivity contribution in [2.75, 3.05) is 12.4 Å². The van der Waals surface area contributed by atoms with Crippen LogP contribution in [0.4, 0.5) is 0 Å². The van der Waals surface area contributed by atoms with Crippen LogP contribution < -0.4 is 4.74 Å². The maximum atomic E-state index is 10.7. The standard InChI is InChI=1S/C13H18O2S/c1-10(2)12-5-4-6-13(9-12)15-7-8-16-11(3)14/h4-6,9-10H,7-8H2,1-3H3. The molecule has 2 nitrogen and oxygen atoms in total. The summed E-state index contributed by atoms with van der Waals surface area (Å²) < 4.78 is 5.57. The van der Waals surface area contributed by atoms with Gasteiger partial charge < -0.3 is 4.74 Å². The highest BCUT2D eigenvalue weighted by atomic mass is 32.2. The van der Waals surface area contributed by atoms with E-state index in [1.807, 2.05) is 12.1 Å². The molecule has 0 heterocycles. The van der Waals surface area contributed by atoms with E-state index in [1.54, 1.807) is 6.92 Å². The summed E-state index contributed by atoms with van der Waals surface area (Å²) in [5.41, 5.74) is 1.27. The number of hydrogen-bond acceptors (Lipinski definition) is 3. The number of rotatable bonds is 5. The summed E-state index contributed by atoms with van der Waals surface area (Å²) in [6.07, 6.45) is 0. The monoisotopic (exact) mass is 238 g/mol. The number of ether oxygens (including phenoxy) is 1. The van der Waals surface area contributed by atoms with Gasteiger partial charge in [-0.15, -0.1) is 0 Å². The van der Waals surface area contributed by atoms with Crippen molar-refractivity contribution in [3.63, 3.8) is 0 Å². The van der Waals surface area contributed by atoms with Gasteiger partial charge in [0.25, 0.3) is 0 Å². The Morgan fingerprint density at radius 1 is 1.44 bits per heavy atom. The maximum absolute atomic E-state index is 10.7. The molecule has 16 heavy (non-hydrogen) atoms. The molecule has 0 atom stereocenters. The number of benzene rings is 1. The van der Waals surface area contributed by atoms with Crippen molar-refractivity contribution in [2.45, 2.75) is 26.7 Å². The molecule has 0 aliphatic rings. The first-order valence-electron chi connectivity index (χ1n) is 5.45. The van der Waals surface area contributed by atoms with Gasteiger partial charge in [0, 0.05) is 12.7 Å². The second-order valence-electron chi connectivity index (χ2n) is 3.92. The van der Waals surface area contributed by atoms with Crippen molar-refractivity contribution in [1.82, 2.24) is 0 Å². The first-order valence-corrected chi connectivity index (χ1v) is 6.44. The van der Waals surface area contributed by atoms with E-state index in [1.165, 1.54) is 17.3 Å². The Balaban J connectivity index is 2.42. The summed E-state index contributed by atoms with van der Waals surface area (Å²) in [4.78, 5) is 10.7. The minimum atomic E-state index is 0.138. The molecular weight excluding hydrogens is 220 g/mol. The molecule has 0 N–H and O–H groups in total. The van der Waals surface area contributed by atoms with E-state index in [4.69, 9.17) is 4.74 Å². The second kappa shape index (κ2) is 6.59. The Morgan fingerprint density at radius 3 is 2.81 bits per heavy atom. The number of thioether (sulfide) groups is 1. The first kappa shape index (κ1) is 13.1. The van der Waals surface area contributed by atoms with Crippen molar-refractivity contribution >= 4 is 16.9 Å². The number of hydrogen-bond donors (Lipinski definition) is 0. The average Bonchev–Trinajstić information content (AvgIpc) is 2.24. The zero-order valence-electron chi connectivity index (χ0n) is 10.0. The van der Waals surface area contributed by atoms with E-state index >= 15 is 0 Å². The van der Waals surface area contributed by atoms with Gasteiger partial charge in [0.15, 0.2) is 5.12 Å². The van der Waals surface area contributed by atoms with E-state index in [0.29, 0.717) is 18.3 Å². The van der Waals surface area contributed by atoms with Crippen LogP contribution in [0.2, 0.25) is 0 Å². The highest BCUT2D eigenvalue weighted by Gasteiger charge is 2.01. The van der Waals surface area contributed by atoms with Crippen LogP contribution in [-0.4, -0.2) is 17.5 Å². The summed E-state index contributed by atoms with van der Waals surface area (Å²) in [5.74, 6) is 2.10. The molecule has 3 heteroatoms. The van der Waals surface area contributed by atoms with Crippen molar-refractivity contribution in [2.24, 2.45) is 0 Å². The van der Waals surface area contributed by atoms with E-state index < -0.39 is 0 Å². The predicted octanol–water partition coefficient (Wildman–Crippen LogP) is 3.47. The van der Waals surface area contributed by atoms with Crippen LogP contribution in [0.3, 0.4) is 0 Å². The van der Waals surface area contributed by atoms with Gasteiger partial charge in [-0.25, -0.2) is 0 Å². The third-order valence-electron chi connectivity index (χ3n) is 2.18. The molecule has 0 saturated heterocycles. The Bertz CT molecular complexity index is 348. The van der Waals surface area contributed by atoms with Crippen LogP contribution in [-0.2, 0) is 4.79 Å². The van der Waals surface area contributed by atoms with Crippen molar-refractivity contribution in [3.05, 3.63) is 29.8 Å². The van der Waals surface area contributed by atoms with E-state index in [2.05, 4.69) is 26.0 Å². The fraction of sp³-hybridized carbons (Fsp3) is 0.462. The molecule has 0 radical (unpaired) electrons. The zero-order valence-corrected chi connectivity index (χ0v) is 10.8. The summed E-state index contributed by atoms with van der Waals surface area (Å²) in [7, 11) is 0. The highest BCUT2D eigenvalue weighted by molar-refractivity contribution is 8.13. The molecule has 1 aromatic carbocycles. The molecule has 0 amide bonds. The minimum absolute atomic E-state index is 0.138. The molecule has 0 saturated carbocycles. The molecule has 0 aliphatic heterocycles. The number of carbonyl (C=O) groups is 1. The third-order valence-corrected chi connectivity index (χ3v) is 2.96. The quantitative estimate of drug-likeness (QED) is 0.735. The van der Waals surface area contributed by atoms with Gasteiger partial charge in [-0.05, 0) is 23.6 Å². The van der Waals surface area contributed by atoms with Gasteiger partial charge in [0.05, 0.1) is 6.61 Å². The van der Waals surface area contributed by atoms with Crippen LogP contribution in [0.5, 0.6) is 5.75 Å². The summed E-state index contributed by atoms with van der Waals surface area (Å²) in [6, 6.07) is 8.11. The molecule has 1 rings (SSSR count). The molecule has 0 aliphatic carbocycles. The Kier molecular flexibility index (Phi) is 5.39. The fourth-order valence-electron chi connectivity index (χ4n) is 1.31. The lowest BCUT2D eigenvalue weighted by Gasteiger charge is -2.09. The Morgan fingerprint density at radius 2 is 2.19 bits per heavy atom. The predicted molar refractivity (Wildman–Crippen MR) is 69.2 cm³/mol. The highest BCUT2D eigenvalue weighted by Crippen LogP contribution is 2.20. The smallest absolute Gasteiger partial charge is 0.185 e. The first-order chi connectivity index (χ1) is 7.59. The van der Waals surface area contributed by atoms with Crippen LogP contribution in [0.15, 0.2) is 24.3 Å². The maximum Gasteiger partial charge on any atom is 0.185 e. The van der Waals surface area contributed by atoms with Crippen molar-refractivity contribution in [3.8, 4) is 5.75 Å². The zero-order chi connectivity index (χ0) is 12.0. The van der Waals surface area contributed by atoms with Crippen molar-refractivity contribution in [1.29, 1.82) is 0 Å². The van der Waals surface area contributed by atoms with Crippen LogP contribution in [0.1, 0.15) is 32.3 Å². The molecule has 0 unspecified atom stereocenters. The Hall–Kier alpha value is -0.960. The minimum Gasteiger partial charge on any atom is -0.493 e. The molecule has 0 fully saturated rings. The lowest BCUT2D eigenvalue weighted by atomic mass is 10.0. The molecule has 0 spiro atoms. The molecule has 0 aromatic heterocycles. The molecular formula is C13H18O2S. The van der Waals surface area contributed by atoms with Gasteiger partial charge in [-0.1, -0.05) is 37.7 Å². The normalized spacial score (nSPS) is 10.5. The molecule has 1 aromatic rings. The van der Waals surface area contributed by atoms with E-state index in [-0.39, 0.29) is 5.12 Å². The summed E-state index contributed by atoms with van der Waals surface area (Å²) in [5, 5.41) is 0.138. The van der Waals surface area contributed by atoms with E-state index in [0.717, 1.165) is 5.75 Å². The topological polar surface area (TPSA) is 26.3 Å². The number of carbonyl (C=O) groups excluding carboxylic acids is 1. The second-order valence-corrected chi connectivity index (χ2v) is 5.19. The van der Waals surface area contributed by atoms with Gasteiger partial charge in [-0.2, -0.15) is 0 Å². The largest absolute Gasteiger partial charge is 0.493 e. The summed E-state index contributed by atoms with van der Waals surface area (Å²) in [6.45, 7) is 6.46. The van der Waals surface area contributed by atoms with Gasteiger partial charge >= 0.3 is 0 Å². The van der Waals surface area contributed by atoms with Crippen LogP contribution in [0.25, 0.3) is 0 Å². The molecule has 88 valence electrons. The SMILES string of the molecule is CC(=O)SCCOc1cccc(C(C)C)c1.